The van der Waals surface area contributed by atoms with Crippen molar-refractivity contribution >= 4 is 23.4 Å². The van der Waals surface area contributed by atoms with E-state index in [0.29, 0.717) is 48.9 Å². The largest absolute Gasteiger partial charge is 0.492 e. The van der Waals surface area contributed by atoms with E-state index < -0.39 is 11.7 Å². The van der Waals surface area contributed by atoms with Crippen LogP contribution in [0.4, 0.5) is 13.2 Å². The standard InChI is InChI=1S/C28H27F3N2O4S/c1-35-27(34)10-16-14-36-25-11-17(2-3-18(16)25)37-24-7-5-19-20(24)4-6-22(28(29,30)31)21(19)12-33-9-8-23-26(13-33)38-15-32-23/h2-4,6,11,13,16,24H,5,7-10,12,14-15H2,1H3/t16-,24-/m1/s1. The third kappa shape index (κ3) is 4.74. The van der Waals surface area contributed by atoms with Crippen molar-refractivity contribution in [1.29, 1.82) is 0 Å². The van der Waals surface area contributed by atoms with Crippen LogP contribution in [-0.4, -0.2) is 42.7 Å². The number of hydrogen-bond donors (Lipinski definition) is 0. The SMILES string of the molecule is COC(=O)C[C@@H]1COc2cc(O[C@@H]3CCc4c3ccc(C(F)(F)F)c4CN3C=C4SCN=C4CC3)ccc21. The molecule has 0 N–H and O–H groups in total. The maximum atomic E-state index is 14.1. The molecule has 6 nitrogen and oxygen atoms in total. The van der Waals surface area contributed by atoms with Gasteiger partial charge in [0.05, 0.1) is 37.3 Å². The molecule has 0 unspecified atom stereocenters. The number of methoxy groups -OCH3 is 1. The smallest absolute Gasteiger partial charge is 0.416 e. The van der Waals surface area contributed by atoms with Crippen molar-refractivity contribution in [2.45, 2.75) is 50.4 Å². The molecule has 4 aliphatic rings. The van der Waals surface area contributed by atoms with Crippen molar-refractivity contribution in [3.05, 3.63) is 69.3 Å². The minimum absolute atomic E-state index is 0.0724. The molecule has 3 aliphatic heterocycles. The highest BCUT2D eigenvalue weighted by Gasteiger charge is 2.38. The lowest BCUT2D eigenvalue weighted by atomic mass is 9.95. The van der Waals surface area contributed by atoms with Crippen molar-refractivity contribution in [3.8, 4) is 11.5 Å². The molecule has 0 amide bonds. The molecule has 10 heteroatoms. The summed E-state index contributed by atoms with van der Waals surface area (Å²) in [6.45, 7) is 1.24. The number of allylic oxidation sites excluding steroid dienone is 1. The van der Waals surface area contributed by atoms with Gasteiger partial charge < -0.3 is 19.1 Å². The maximum Gasteiger partial charge on any atom is 0.416 e. The van der Waals surface area contributed by atoms with Gasteiger partial charge in [-0.3, -0.25) is 9.79 Å². The number of nitrogens with zero attached hydrogens (tertiary/aromatic N) is 2. The predicted molar refractivity (Wildman–Crippen MR) is 137 cm³/mol. The summed E-state index contributed by atoms with van der Waals surface area (Å²) in [7, 11) is 1.36. The van der Waals surface area contributed by atoms with Crippen molar-refractivity contribution in [2.75, 3.05) is 26.1 Å². The van der Waals surface area contributed by atoms with Gasteiger partial charge in [-0.1, -0.05) is 23.9 Å². The first-order valence-corrected chi connectivity index (χ1v) is 13.6. The van der Waals surface area contributed by atoms with E-state index >= 15 is 0 Å². The van der Waals surface area contributed by atoms with Crippen LogP contribution in [0.1, 0.15) is 59.1 Å². The fraction of sp³-hybridized carbons (Fsp3) is 0.429. The minimum Gasteiger partial charge on any atom is -0.492 e. The molecule has 0 saturated heterocycles. The van der Waals surface area contributed by atoms with Crippen molar-refractivity contribution < 1.29 is 32.2 Å². The van der Waals surface area contributed by atoms with Crippen LogP contribution >= 0.6 is 11.8 Å². The summed E-state index contributed by atoms with van der Waals surface area (Å²) < 4.78 is 59.0. The molecule has 0 saturated carbocycles. The fourth-order valence-electron chi connectivity index (χ4n) is 5.72. The Morgan fingerprint density at radius 1 is 1.21 bits per heavy atom. The number of carbonyl (C=O) groups excluding carboxylic acids is 1. The van der Waals surface area contributed by atoms with E-state index in [1.54, 1.807) is 23.9 Å². The first-order chi connectivity index (χ1) is 18.3. The van der Waals surface area contributed by atoms with E-state index in [2.05, 4.69) is 4.99 Å². The highest BCUT2D eigenvalue weighted by atomic mass is 32.2. The monoisotopic (exact) mass is 544 g/mol. The number of aliphatic imine (C=N–C) groups is 1. The zero-order chi connectivity index (χ0) is 26.4. The summed E-state index contributed by atoms with van der Waals surface area (Å²) >= 11 is 1.63. The lowest BCUT2D eigenvalue weighted by molar-refractivity contribution is -0.141. The second-order valence-corrected chi connectivity index (χ2v) is 10.9. The van der Waals surface area contributed by atoms with Gasteiger partial charge >= 0.3 is 12.1 Å². The molecule has 0 spiro atoms. The number of hydrogen-bond acceptors (Lipinski definition) is 7. The number of fused-ring (bicyclic) bond motifs is 3. The lowest BCUT2D eigenvalue weighted by Crippen LogP contribution is -2.27. The van der Waals surface area contributed by atoms with Crippen LogP contribution in [0.15, 0.2) is 46.4 Å². The number of esters is 1. The van der Waals surface area contributed by atoms with E-state index in [1.165, 1.54) is 13.2 Å². The van der Waals surface area contributed by atoms with Crippen LogP contribution < -0.4 is 9.47 Å². The normalized spacial score (nSPS) is 21.7. The Hall–Kier alpha value is -3.14. The number of carbonyl (C=O) groups is 1. The van der Waals surface area contributed by atoms with Crippen molar-refractivity contribution in [1.82, 2.24) is 4.90 Å². The van der Waals surface area contributed by atoms with Gasteiger partial charge in [-0.2, -0.15) is 13.2 Å². The molecule has 38 heavy (non-hydrogen) atoms. The second-order valence-electron chi connectivity index (χ2n) is 9.88. The third-order valence-electron chi connectivity index (χ3n) is 7.62. The molecule has 3 heterocycles. The molecular weight excluding hydrogens is 517 g/mol. The van der Waals surface area contributed by atoms with Crippen LogP contribution in [-0.2, 0) is 28.7 Å². The first-order valence-electron chi connectivity index (χ1n) is 12.6. The van der Waals surface area contributed by atoms with Crippen LogP contribution in [0.3, 0.4) is 0 Å². The summed E-state index contributed by atoms with van der Waals surface area (Å²) in [6, 6.07) is 8.30. The molecule has 1 aliphatic carbocycles. The van der Waals surface area contributed by atoms with Gasteiger partial charge in [0.2, 0.25) is 0 Å². The Balaban J connectivity index is 1.25. The zero-order valence-corrected chi connectivity index (χ0v) is 21.7. The molecule has 0 bridgehead atoms. The van der Waals surface area contributed by atoms with Crippen LogP contribution in [0.25, 0.3) is 0 Å². The third-order valence-corrected chi connectivity index (χ3v) is 8.53. The Kier molecular flexibility index (Phi) is 6.53. The average molecular weight is 545 g/mol. The number of alkyl halides is 3. The lowest BCUT2D eigenvalue weighted by Gasteiger charge is -2.28. The Labute approximate surface area is 222 Å². The summed E-state index contributed by atoms with van der Waals surface area (Å²) in [5.74, 6) is 1.57. The molecular formula is C28H27F3N2O4S. The van der Waals surface area contributed by atoms with Gasteiger partial charge in [-0.15, -0.1) is 0 Å². The molecule has 0 fully saturated rings. The summed E-state index contributed by atoms with van der Waals surface area (Å²) in [4.78, 5) is 19.2. The summed E-state index contributed by atoms with van der Waals surface area (Å²) in [6.07, 6.45) is -0.708. The number of rotatable bonds is 6. The number of halogens is 3. The number of ether oxygens (including phenoxy) is 3. The number of benzene rings is 2. The van der Waals surface area contributed by atoms with Crippen LogP contribution in [0.5, 0.6) is 11.5 Å². The van der Waals surface area contributed by atoms with E-state index in [4.69, 9.17) is 14.2 Å². The molecule has 0 aromatic heterocycles. The maximum absolute atomic E-state index is 14.1. The van der Waals surface area contributed by atoms with Crippen molar-refractivity contribution in [2.24, 2.45) is 4.99 Å². The molecule has 6 rings (SSSR count). The van der Waals surface area contributed by atoms with Gasteiger partial charge in [0, 0.05) is 48.2 Å². The highest BCUT2D eigenvalue weighted by molar-refractivity contribution is 8.04. The number of thioether (sulfide) groups is 1. The fourth-order valence-corrected chi connectivity index (χ4v) is 6.63. The van der Waals surface area contributed by atoms with Gasteiger partial charge in [0.25, 0.3) is 0 Å². The highest BCUT2D eigenvalue weighted by Crippen LogP contribution is 2.44. The molecule has 2 atom stereocenters. The molecule has 0 radical (unpaired) electrons. The Bertz CT molecular complexity index is 1340. The quantitative estimate of drug-likeness (QED) is 0.416. The topological polar surface area (TPSA) is 60.4 Å². The van der Waals surface area contributed by atoms with E-state index in [9.17, 15) is 18.0 Å². The van der Waals surface area contributed by atoms with Crippen LogP contribution in [0, 0.1) is 0 Å². The van der Waals surface area contributed by atoms with Gasteiger partial charge in [0.1, 0.15) is 17.6 Å². The van der Waals surface area contributed by atoms with Gasteiger partial charge in [0.15, 0.2) is 0 Å². The summed E-state index contributed by atoms with van der Waals surface area (Å²) in [5.41, 5.74) is 3.29. The zero-order valence-electron chi connectivity index (χ0n) is 20.8. The van der Waals surface area contributed by atoms with Gasteiger partial charge in [-0.25, -0.2) is 0 Å². The average Bonchev–Trinajstić information content (AvgIpc) is 3.62. The summed E-state index contributed by atoms with van der Waals surface area (Å²) in [5, 5.41) is 0. The van der Waals surface area contributed by atoms with E-state index in [-0.39, 0.29) is 31.0 Å². The van der Waals surface area contributed by atoms with E-state index in [1.807, 2.05) is 23.2 Å². The Morgan fingerprint density at radius 3 is 2.87 bits per heavy atom. The first kappa shape index (κ1) is 25.2. The molecule has 2 aromatic rings. The predicted octanol–water partition coefficient (Wildman–Crippen LogP) is 6.00. The minimum atomic E-state index is -4.43. The van der Waals surface area contributed by atoms with Gasteiger partial charge in [-0.05, 0) is 41.7 Å². The molecule has 2 aromatic carbocycles. The van der Waals surface area contributed by atoms with E-state index in [0.717, 1.165) is 33.7 Å². The Morgan fingerprint density at radius 2 is 2.05 bits per heavy atom. The second kappa shape index (κ2) is 9.87. The molecule has 200 valence electrons. The van der Waals surface area contributed by atoms with Crippen LogP contribution in [0.2, 0.25) is 0 Å². The van der Waals surface area contributed by atoms with Crippen molar-refractivity contribution in [3.63, 3.8) is 0 Å².